The van der Waals surface area contributed by atoms with Gasteiger partial charge in [-0.1, -0.05) is 6.92 Å². The summed E-state index contributed by atoms with van der Waals surface area (Å²) in [5, 5.41) is 15.0. The fourth-order valence-electron chi connectivity index (χ4n) is 2.75. The van der Waals surface area contributed by atoms with Crippen LogP contribution in [0.4, 0.5) is 0 Å². The fraction of sp³-hybridized carbons (Fsp3) is 0.769. The molecule has 0 saturated heterocycles. The minimum absolute atomic E-state index is 0.156. The Hall–Kier alpha value is -0.870. The molecule has 1 aliphatic carbocycles. The molecule has 0 radical (unpaired) electrons. The van der Waals surface area contributed by atoms with E-state index in [0.29, 0.717) is 12.8 Å². The molecule has 1 fully saturated rings. The van der Waals surface area contributed by atoms with Crippen molar-refractivity contribution in [3.8, 4) is 0 Å². The molecule has 2 unspecified atom stereocenters. The van der Waals surface area contributed by atoms with E-state index in [9.17, 15) is 5.11 Å². The molecule has 4 nitrogen and oxygen atoms in total. The van der Waals surface area contributed by atoms with Gasteiger partial charge >= 0.3 is 0 Å². The van der Waals surface area contributed by atoms with Crippen LogP contribution in [0.3, 0.4) is 0 Å². The Labute approximate surface area is 103 Å². The zero-order valence-corrected chi connectivity index (χ0v) is 10.8. The predicted molar refractivity (Wildman–Crippen MR) is 67.8 cm³/mol. The Balaban J connectivity index is 2.14. The number of hydrogen-bond acceptors (Lipinski definition) is 3. The molecular weight excluding hydrogens is 214 g/mol. The van der Waals surface area contributed by atoms with E-state index >= 15 is 0 Å². The lowest BCUT2D eigenvalue weighted by Gasteiger charge is -2.22. The Morgan fingerprint density at radius 1 is 1.59 bits per heavy atom. The largest absolute Gasteiger partial charge is 0.389 e. The normalized spacial score (nSPS) is 28.8. The zero-order chi connectivity index (χ0) is 12.5. The summed E-state index contributed by atoms with van der Waals surface area (Å²) < 4.78 is 2.00. The molecule has 4 heteroatoms. The molecule has 1 heterocycles. The van der Waals surface area contributed by atoms with Crippen LogP contribution in [0.5, 0.6) is 0 Å². The van der Waals surface area contributed by atoms with Gasteiger partial charge in [-0.05, 0) is 38.7 Å². The summed E-state index contributed by atoms with van der Waals surface area (Å²) in [6.07, 6.45) is 4.07. The maximum Gasteiger partial charge on any atom is 0.0718 e. The highest BCUT2D eigenvalue weighted by Gasteiger charge is 2.36. The van der Waals surface area contributed by atoms with Crippen molar-refractivity contribution in [2.75, 3.05) is 0 Å². The van der Waals surface area contributed by atoms with Crippen LogP contribution < -0.4 is 5.73 Å². The first-order chi connectivity index (χ1) is 8.06. The first-order valence-electron chi connectivity index (χ1n) is 6.60. The van der Waals surface area contributed by atoms with Crippen molar-refractivity contribution in [3.05, 3.63) is 17.5 Å². The van der Waals surface area contributed by atoms with Gasteiger partial charge in [0.25, 0.3) is 0 Å². The van der Waals surface area contributed by atoms with Crippen molar-refractivity contribution in [1.29, 1.82) is 0 Å². The molecule has 1 aromatic rings. The molecule has 1 aliphatic rings. The van der Waals surface area contributed by atoms with Gasteiger partial charge in [-0.15, -0.1) is 0 Å². The van der Waals surface area contributed by atoms with Gasteiger partial charge in [-0.2, -0.15) is 5.10 Å². The highest BCUT2D eigenvalue weighted by Crippen LogP contribution is 2.32. The van der Waals surface area contributed by atoms with Crippen LogP contribution in [-0.4, -0.2) is 26.5 Å². The maximum atomic E-state index is 10.5. The van der Waals surface area contributed by atoms with Gasteiger partial charge in [-0.25, -0.2) is 0 Å². The van der Waals surface area contributed by atoms with Crippen LogP contribution in [0, 0.1) is 0 Å². The smallest absolute Gasteiger partial charge is 0.0718 e. The van der Waals surface area contributed by atoms with Crippen LogP contribution in [0.2, 0.25) is 0 Å². The number of aryl methyl sites for hydroxylation is 2. The van der Waals surface area contributed by atoms with Crippen molar-refractivity contribution in [2.24, 2.45) is 5.73 Å². The summed E-state index contributed by atoms with van der Waals surface area (Å²) >= 11 is 0. The van der Waals surface area contributed by atoms with Crippen molar-refractivity contribution in [2.45, 2.75) is 64.1 Å². The summed E-state index contributed by atoms with van der Waals surface area (Å²) in [5.74, 6) is 0. The summed E-state index contributed by atoms with van der Waals surface area (Å²) in [6.45, 7) is 5.05. The highest BCUT2D eigenvalue weighted by atomic mass is 16.3. The van der Waals surface area contributed by atoms with Crippen LogP contribution in [-0.2, 0) is 19.4 Å². The minimum Gasteiger partial charge on any atom is -0.389 e. The summed E-state index contributed by atoms with van der Waals surface area (Å²) in [4.78, 5) is 0. The number of aromatic nitrogens is 2. The monoisotopic (exact) mass is 237 g/mol. The van der Waals surface area contributed by atoms with Gasteiger partial charge in [0.05, 0.1) is 11.3 Å². The molecule has 0 spiro atoms. The third kappa shape index (κ3) is 2.69. The second-order valence-electron chi connectivity index (χ2n) is 5.20. The summed E-state index contributed by atoms with van der Waals surface area (Å²) in [7, 11) is 0. The average molecular weight is 237 g/mol. The standard InChI is InChI=1S/C13H23N3O/c1-3-11-7-12(16(4-2)15-11)9-13(17)6-5-10(14)8-13/h7,10,17H,3-6,8-9,14H2,1-2H3. The lowest BCUT2D eigenvalue weighted by atomic mass is 9.95. The first-order valence-corrected chi connectivity index (χ1v) is 6.60. The molecule has 17 heavy (non-hydrogen) atoms. The van der Waals surface area contributed by atoms with E-state index in [1.54, 1.807) is 0 Å². The predicted octanol–water partition coefficient (Wildman–Crippen LogP) is 1.25. The van der Waals surface area contributed by atoms with Gasteiger partial charge in [0.15, 0.2) is 0 Å². The van der Waals surface area contributed by atoms with E-state index in [1.165, 1.54) is 0 Å². The molecule has 2 atom stereocenters. The Kier molecular flexibility index (Phi) is 3.54. The Morgan fingerprint density at radius 3 is 2.88 bits per heavy atom. The molecule has 0 bridgehead atoms. The molecule has 3 N–H and O–H groups in total. The van der Waals surface area contributed by atoms with Gasteiger partial charge in [-0.3, -0.25) is 4.68 Å². The average Bonchev–Trinajstić information content (AvgIpc) is 2.83. The third-order valence-corrected chi connectivity index (χ3v) is 3.71. The van der Waals surface area contributed by atoms with E-state index in [4.69, 9.17) is 5.73 Å². The van der Waals surface area contributed by atoms with Gasteiger partial charge < -0.3 is 10.8 Å². The number of hydrogen-bond donors (Lipinski definition) is 2. The Bertz CT molecular complexity index is 388. The Morgan fingerprint density at radius 2 is 2.35 bits per heavy atom. The molecule has 2 rings (SSSR count). The molecule has 0 aliphatic heterocycles. The highest BCUT2D eigenvalue weighted by molar-refractivity contribution is 5.14. The molecular formula is C13H23N3O. The van der Waals surface area contributed by atoms with Crippen LogP contribution in [0.15, 0.2) is 6.07 Å². The minimum atomic E-state index is -0.614. The van der Waals surface area contributed by atoms with E-state index in [1.807, 2.05) is 4.68 Å². The van der Waals surface area contributed by atoms with Gasteiger partial charge in [0.2, 0.25) is 0 Å². The molecule has 1 aromatic heterocycles. The van der Waals surface area contributed by atoms with Crippen LogP contribution in [0.25, 0.3) is 0 Å². The SMILES string of the molecule is CCc1cc(CC2(O)CCC(N)C2)n(CC)n1. The molecule has 0 aromatic carbocycles. The third-order valence-electron chi connectivity index (χ3n) is 3.71. The lowest BCUT2D eigenvalue weighted by molar-refractivity contribution is 0.0448. The van der Waals surface area contributed by atoms with E-state index in [-0.39, 0.29) is 6.04 Å². The molecule has 96 valence electrons. The molecule has 1 saturated carbocycles. The van der Waals surface area contributed by atoms with Crippen molar-refractivity contribution >= 4 is 0 Å². The maximum absolute atomic E-state index is 10.5. The molecule has 0 amide bonds. The van der Waals surface area contributed by atoms with Crippen molar-refractivity contribution < 1.29 is 5.11 Å². The van der Waals surface area contributed by atoms with Crippen LogP contribution >= 0.6 is 0 Å². The number of nitrogens with two attached hydrogens (primary N) is 1. The topological polar surface area (TPSA) is 64.1 Å². The first kappa shape index (κ1) is 12.6. The second kappa shape index (κ2) is 4.78. The van der Waals surface area contributed by atoms with Gasteiger partial charge in [0, 0.05) is 24.7 Å². The lowest BCUT2D eigenvalue weighted by Crippen LogP contribution is -2.31. The van der Waals surface area contributed by atoms with Crippen LogP contribution in [0.1, 0.15) is 44.5 Å². The van der Waals surface area contributed by atoms with E-state index in [2.05, 4.69) is 25.0 Å². The summed E-state index contributed by atoms with van der Waals surface area (Å²) in [5.41, 5.74) is 7.51. The van der Waals surface area contributed by atoms with E-state index < -0.39 is 5.60 Å². The quantitative estimate of drug-likeness (QED) is 0.828. The van der Waals surface area contributed by atoms with E-state index in [0.717, 1.165) is 37.2 Å². The van der Waals surface area contributed by atoms with Crippen molar-refractivity contribution in [3.63, 3.8) is 0 Å². The zero-order valence-electron chi connectivity index (χ0n) is 10.8. The summed E-state index contributed by atoms with van der Waals surface area (Å²) in [6, 6.07) is 2.27. The fourth-order valence-corrected chi connectivity index (χ4v) is 2.75. The second-order valence-corrected chi connectivity index (χ2v) is 5.20. The number of aliphatic hydroxyl groups is 1. The van der Waals surface area contributed by atoms with Crippen molar-refractivity contribution in [1.82, 2.24) is 9.78 Å². The number of nitrogens with zero attached hydrogens (tertiary/aromatic N) is 2. The number of rotatable bonds is 4. The van der Waals surface area contributed by atoms with Gasteiger partial charge in [0.1, 0.15) is 0 Å².